The zero-order chi connectivity index (χ0) is 15.7. The third-order valence-corrected chi connectivity index (χ3v) is 2.87. The summed E-state index contributed by atoms with van der Waals surface area (Å²) < 4.78 is 14.4. The van der Waals surface area contributed by atoms with Gasteiger partial charge >= 0.3 is 11.9 Å². The molecule has 0 aliphatic rings. The van der Waals surface area contributed by atoms with Gasteiger partial charge in [-0.3, -0.25) is 4.79 Å². The first-order valence-electron chi connectivity index (χ1n) is 6.48. The normalized spacial score (nSPS) is 10.0. The fourth-order valence-corrected chi connectivity index (χ4v) is 1.77. The van der Waals surface area contributed by atoms with Crippen molar-refractivity contribution in [1.82, 2.24) is 4.98 Å². The van der Waals surface area contributed by atoms with Gasteiger partial charge in [0.1, 0.15) is 11.4 Å². The number of pyridine rings is 1. The predicted octanol–water partition coefficient (Wildman–Crippen LogP) is 0.884. The van der Waals surface area contributed by atoms with Crippen molar-refractivity contribution in [3.05, 3.63) is 23.9 Å². The molecule has 7 heteroatoms. The van der Waals surface area contributed by atoms with Gasteiger partial charge in [0.15, 0.2) is 0 Å². The van der Waals surface area contributed by atoms with Crippen LogP contribution in [0.3, 0.4) is 0 Å². The molecule has 0 N–H and O–H groups in total. The molecule has 0 unspecified atom stereocenters. The number of ether oxygens (including phenoxy) is 3. The molecule has 1 aromatic rings. The smallest absolute Gasteiger partial charge is 0.341 e. The van der Waals surface area contributed by atoms with E-state index in [-0.39, 0.29) is 12.4 Å². The van der Waals surface area contributed by atoms with Crippen LogP contribution >= 0.6 is 0 Å². The molecule has 0 radical (unpaired) electrons. The quantitative estimate of drug-likeness (QED) is 0.659. The average Bonchev–Trinajstić information content (AvgIpc) is 2.54. The predicted molar refractivity (Wildman–Crippen MR) is 76.3 cm³/mol. The van der Waals surface area contributed by atoms with E-state index in [1.165, 1.54) is 14.2 Å². The molecule has 7 nitrogen and oxygen atoms in total. The van der Waals surface area contributed by atoms with Crippen molar-refractivity contribution >= 4 is 17.8 Å². The van der Waals surface area contributed by atoms with Crippen molar-refractivity contribution < 1.29 is 23.8 Å². The lowest BCUT2D eigenvalue weighted by Gasteiger charge is -2.24. The first kappa shape index (κ1) is 16.9. The van der Waals surface area contributed by atoms with Crippen molar-refractivity contribution in [2.75, 3.05) is 45.9 Å². The highest BCUT2D eigenvalue weighted by Crippen LogP contribution is 2.18. The highest BCUT2D eigenvalue weighted by molar-refractivity contribution is 5.94. The van der Waals surface area contributed by atoms with Crippen LogP contribution in [0.2, 0.25) is 0 Å². The van der Waals surface area contributed by atoms with E-state index in [1.54, 1.807) is 30.3 Å². The molecular weight excluding hydrogens is 276 g/mol. The second kappa shape index (κ2) is 8.91. The summed E-state index contributed by atoms with van der Waals surface area (Å²) in [6, 6.07) is 3.29. The van der Waals surface area contributed by atoms with E-state index < -0.39 is 5.97 Å². The Morgan fingerprint density at radius 2 is 1.95 bits per heavy atom. The number of carbonyl (C=O) groups is 2. The summed E-state index contributed by atoms with van der Waals surface area (Å²) in [5.74, 6) is -0.336. The number of hydrogen-bond donors (Lipinski definition) is 0. The number of hydrogen-bond acceptors (Lipinski definition) is 7. The largest absolute Gasteiger partial charge is 0.469 e. The molecule has 21 heavy (non-hydrogen) atoms. The van der Waals surface area contributed by atoms with Gasteiger partial charge in [0.25, 0.3) is 0 Å². The van der Waals surface area contributed by atoms with Gasteiger partial charge in [-0.05, 0) is 12.1 Å². The standard InChI is InChI=1S/C14H20N2O5/c1-19-10-9-16(8-6-12(17)20-2)13-11(14(18)21-3)5-4-7-15-13/h4-5,7H,6,8-10H2,1-3H3. The van der Waals surface area contributed by atoms with Gasteiger partial charge in [0.05, 0.1) is 27.2 Å². The fraction of sp³-hybridized carbons (Fsp3) is 0.500. The molecule has 0 amide bonds. The molecule has 1 heterocycles. The number of carbonyl (C=O) groups excluding carboxylic acids is 2. The Hall–Kier alpha value is -2.15. The van der Waals surface area contributed by atoms with E-state index in [0.717, 1.165) is 0 Å². The number of aromatic nitrogens is 1. The molecule has 0 aliphatic heterocycles. The number of rotatable bonds is 8. The van der Waals surface area contributed by atoms with E-state index in [1.807, 2.05) is 0 Å². The molecule has 0 bridgehead atoms. The maximum Gasteiger partial charge on any atom is 0.341 e. The van der Waals surface area contributed by atoms with Crippen molar-refractivity contribution in [3.8, 4) is 0 Å². The zero-order valence-corrected chi connectivity index (χ0v) is 12.5. The van der Waals surface area contributed by atoms with Gasteiger partial charge in [0.2, 0.25) is 0 Å². The molecule has 0 saturated heterocycles. The minimum atomic E-state index is -0.474. The lowest BCUT2D eigenvalue weighted by molar-refractivity contribution is -0.140. The molecule has 0 fully saturated rings. The van der Waals surface area contributed by atoms with E-state index >= 15 is 0 Å². The van der Waals surface area contributed by atoms with Crippen LogP contribution in [0.5, 0.6) is 0 Å². The van der Waals surface area contributed by atoms with E-state index in [9.17, 15) is 9.59 Å². The van der Waals surface area contributed by atoms with Gasteiger partial charge in [-0.25, -0.2) is 9.78 Å². The molecule has 116 valence electrons. The number of esters is 2. The summed E-state index contributed by atoms with van der Waals surface area (Å²) in [5, 5.41) is 0. The van der Waals surface area contributed by atoms with E-state index in [0.29, 0.717) is 31.1 Å². The first-order chi connectivity index (χ1) is 10.1. The van der Waals surface area contributed by atoms with Crippen molar-refractivity contribution in [2.24, 2.45) is 0 Å². The monoisotopic (exact) mass is 296 g/mol. The minimum absolute atomic E-state index is 0.192. The second-order valence-electron chi connectivity index (χ2n) is 4.17. The summed E-state index contributed by atoms with van der Waals surface area (Å²) in [6.45, 7) is 1.31. The van der Waals surface area contributed by atoms with Crippen LogP contribution in [0, 0.1) is 0 Å². The Labute approximate surface area is 123 Å². The lowest BCUT2D eigenvalue weighted by atomic mass is 10.2. The Balaban J connectivity index is 2.96. The lowest BCUT2D eigenvalue weighted by Crippen LogP contribution is -2.32. The summed E-state index contributed by atoms with van der Waals surface area (Å²) >= 11 is 0. The maximum atomic E-state index is 11.8. The molecule has 0 spiro atoms. The van der Waals surface area contributed by atoms with Crippen LogP contribution in [0.1, 0.15) is 16.8 Å². The SMILES string of the molecule is COCCN(CCC(=O)OC)c1ncccc1C(=O)OC. The van der Waals surface area contributed by atoms with Gasteiger partial charge in [-0.15, -0.1) is 0 Å². The maximum absolute atomic E-state index is 11.8. The van der Waals surface area contributed by atoms with Gasteiger partial charge in [0, 0.05) is 26.4 Å². The Morgan fingerprint density at radius 1 is 1.19 bits per heavy atom. The number of nitrogens with zero attached hydrogens (tertiary/aromatic N) is 2. The van der Waals surface area contributed by atoms with Crippen LogP contribution in [-0.2, 0) is 19.0 Å². The fourth-order valence-electron chi connectivity index (χ4n) is 1.77. The van der Waals surface area contributed by atoms with Crippen LogP contribution in [-0.4, -0.2) is 57.9 Å². The summed E-state index contributed by atoms with van der Waals surface area (Å²) in [6.07, 6.45) is 1.77. The number of methoxy groups -OCH3 is 3. The van der Waals surface area contributed by atoms with Gasteiger partial charge < -0.3 is 19.1 Å². The van der Waals surface area contributed by atoms with Crippen LogP contribution in [0.4, 0.5) is 5.82 Å². The molecule has 0 saturated carbocycles. The molecule has 0 aliphatic carbocycles. The third kappa shape index (κ3) is 5.03. The van der Waals surface area contributed by atoms with Crippen molar-refractivity contribution in [3.63, 3.8) is 0 Å². The minimum Gasteiger partial charge on any atom is -0.469 e. The summed E-state index contributed by atoms with van der Waals surface area (Å²) in [4.78, 5) is 29.1. The molecule has 1 rings (SSSR count). The molecular formula is C14H20N2O5. The average molecular weight is 296 g/mol. The first-order valence-corrected chi connectivity index (χ1v) is 6.48. The molecule has 0 atom stereocenters. The Morgan fingerprint density at radius 3 is 2.57 bits per heavy atom. The van der Waals surface area contributed by atoms with E-state index in [4.69, 9.17) is 9.47 Å². The van der Waals surface area contributed by atoms with Crippen LogP contribution in [0.25, 0.3) is 0 Å². The summed E-state index contributed by atoms with van der Waals surface area (Å²) in [5.41, 5.74) is 0.348. The van der Waals surface area contributed by atoms with Gasteiger partial charge in [-0.1, -0.05) is 0 Å². The van der Waals surface area contributed by atoms with Crippen LogP contribution in [0.15, 0.2) is 18.3 Å². The highest BCUT2D eigenvalue weighted by atomic mass is 16.5. The summed E-state index contributed by atoms with van der Waals surface area (Å²) in [7, 11) is 4.23. The Kier molecular flexibility index (Phi) is 7.17. The molecule has 1 aromatic heterocycles. The van der Waals surface area contributed by atoms with Crippen molar-refractivity contribution in [2.45, 2.75) is 6.42 Å². The van der Waals surface area contributed by atoms with Crippen molar-refractivity contribution in [1.29, 1.82) is 0 Å². The third-order valence-electron chi connectivity index (χ3n) is 2.87. The zero-order valence-electron chi connectivity index (χ0n) is 12.5. The molecule has 0 aromatic carbocycles. The highest BCUT2D eigenvalue weighted by Gasteiger charge is 2.19. The second-order valence-corrected chi connectivity index (χ2v) is 4.17. The van der Waals surface area contributed by atoms with Crippen LogP contribution < -0.4 is 4.90 Å². The van der Waals surface area contributed by atoms with Gasteiger partial charge in [-0.2, -0.15) is 0 Å². The number of anilines is 1. The van der Waals surface area contributed by atoms with E-state index in [2.05, 4.69) is 9.72 Å². The topological polar surface area (TPSA) is 78.0 Å². The Bertz CT molecular complexity index is 478.